The minimum absolute atomic E-state index is 0.168. The van der Waals surface area contributed by atoms with Gasteiger partial charge in [0.2, 0.25) is 10.0 Å². The maximum atomic E-state index is 12.5. The van der Waals surface area contributed by atoms with E-state index >= 15 is 0 Å². The molecule has 5 nitrogen and oxygen atoms in total. The number of fused-ring (bicyclic) bond motifs is 1. The second-order valence-corrected chi connectivity index (χ2v) is 7.54. The summed E-state index contributed by atoms with van der Waals surface area (Å²) in [6, 6.07) is 8.24. The molecule has 110 valence electrons. The van der Waals surface area contributed by atoms with Crippen LogP contribution in [0.2, 0.25) is 0 Å². The lowest BCUT2D eigenvalue weighted by atomic mass is 10.2. The van der Waals surface area contributed by atoms with E-state index in [0.29, 0.717) is 19.1 Å². The van der Waals surface area contributed by atoms with Gasteiger partial charge in [0.25, 0.3) is 0 Å². The summed E-state index contributed by atoms with van der Waals surface area (Å²) >= 11 is 0. The Bertz CT molecular complexity index is 584. The average molecular weight is 295 g/mol. The molecule has 0 spiro atoms. The molecule has 2 aliphatic rings. The van der Waals surface area contributed by atoms with Crippen LogP contribution in [0.15, 0.2) is 24.3 Å². The highest BCUT2D eigenvalue weighted by atomic mass is 32.2. The number of benzene rings is 1. The molecule has 0 atom stereocenters. The highest BCUT2D eigenvalue weighted by Gasteiger charge is 2.29. The number of likely N-dealkylation sites (N-methyl/N-ethyl adjacent to an activating group) is 1. The average Bonchev–Trinajstić information content (AvgIpc) is 3.23. The molecule has 1 aromatic carbocycles. The van der Waals surface area contributed by atoms with E-state index in [4.69, 9.17) is 0 Å². The van der Waals surface area contributed by atoms with Crippen molar-refractivity contribution in [3.05, 3.63) is 24.3 Å². The van der Waals surface area contributed by atoms with Crippen LogP contribution in [0.25, 0.3) is 0 Å². The zero-order valence-corrected chi connectivity index (χ0v) is 12.6. The van der Waals surface area contributed by atoms with Gasteiger partial charge in [-0.1, -0.05) is 12.1 Å². The van der Waals surface area contributed by atoms with Crippen molar-refractivity contribution in [3.8, 4) is 0 Å². The summed E-state index contributed by atoms with van der Waals surface area (Å²) in [5, 5.41) is 3.27. The lowest BCUT2D eigenvalue weighted by Gasteiger charge is -2.36. The third kappa shape index (κ3) is 2.76. The Hall–Kier alpha value is -1.27. The molecule has 1 aliphatic heterocycles. The molecular weight excluding hydrogens is 274 g/mol. The van der Waals surface area contributed by atoms with Crippen molar-refractivity contribution in [2.45, 2.75) is 18.9 Å². The highest BCUT2D eigenvalue weighted by Crippen LogP contribution is 2.33. The van der Waals surface area contributed by atoms with Gasteiger partial charge < -0.3 is 10.2 Å². The summed E-state index contributed by atoms with van der Waals surface area (Å²) in [6.45, 7) is 1.80. The molecule has 0 saturated heterocycles. The number of hydrogen-bond acceptors (Lipinski definition) is 4. The Kier molecular flexibility index (Phi) is 3.60. The topological polar surface area (TPSA) is 52.7 Å². The van der Waals surface area contributed by atoms with Crippen molar-refractivity contribution in [2.75, 3.05) is 41.6 Å². The van der Waals surface area contributed by atoms with E-state index in [0.717, 1.165) is 17.9 Å². The predicted octanol–water partition coefficient (Wildman–Crippen LogP) is 1.02. The predicted molar refractivity (Wildman–Crippen MR) is 81.9 cm³/mol. The first kappa shape index (κ1) is 13.7. The van der Waals surface area contributed by atoms with Crippen molar-refractivity contribution in [1.29, 1.82) is 0 Å². The molecule has 3 rings (SSSR count). The van der Waals surface area contributed by atoms with Crippen molar-refractivity contribution >= 4 is 21.4 Å². The summed E-state index contributed by atoms with van der Waals surface area (Å²) in [6.07, 6.45) is 2.36. The normalized spacial score (nSPS) is 19.1. The lowest BCUT2D eigenvalue weighted by Crippen LogP contribution is -2.44. The molecule has 1 N–H and O–H groups in total. The van der Waals surface area contributed by atoms with Gasteiger partial charge in [0.15, 0.2) is 0 Å². The van der Waals surface area contributed by atoms with Crippen molar-refractivity contribution in [3.63, 3.8) is 0 Å². The molecule has 0 aromatic heterocycles. The smallest absolute Gasteiger partial charge is 0.236 e. The molecule has 20 heavy (non-hydrogen) atoms. The number of rotatable bonds is 5. The van der Waals surface area contributed by atoms with Crippen LogP contribution in [-0.4, -0.2) is 46.9 Å². The minimum atomic E-state index is -3.24. The van der Waals surface area contributed by atoms with E-state index < -0.39 is 10.0 Å². The number of hydrogen-bond donors (Lipinski definition) is 1. The molecule has 0 amide bonds. The minimum Gasteiger partial charge on any atom is -0.371 e. The summed E-state index contributed by atoms with van der Waals surface area (Å²) in [4.78, 5) is 2.10. The SMILES string of the molecule is CN1CCN(S(=O)(=O)CCNC2CC2)c2ccccc21. The van der Waals surface area contributed by atoms with Gasteiger partial charge in [-0.25, -0.2) is 8.42 Å². The molecular formula is C14H21N3O2S. The first-order valence-corrected chi connectivity index (χ1v) is 8.73. The molecule has 1 fully saturated rings. The molecule has 1 aliphatic carbocycles. The van der Waals surface area contributed by atoms with Gasteiger partial charge in [0.05, 0.1) is 23.7 Å². The summed E-state index contributed by atoms with van der Waals surface area (Å²) < 4.78 is 26.6. The lowest BCUT2D eigenvalue weighted by molar-refractivity contribution is 0.584. The van der Waals surface area contributed by atoms with Gasteiger partial charge in [-0.3, -0.25) is 4.31 Å². The third-order valence-electron chi connectivity index (χ3n) is 3.91. The summed E-state index contributed by atoms with van der Waals surface area (Å²) in [5.74, 6) is 0.168. The van der Waals surface area contributed by atoms with E-state index in [9.17, 15) is 8.42 Å². The van der Waals surface area contributed by atoms with Crippen LogP contribution in [-0.2, 0) is 10.0 Å². The Labute approximate surface area is 120 Å². The van der Waals surface area contributed by atoms with Crippen LogP contribution in [0.4, 0.5) is 11.4 Å². The first-order chi connectivity index (χ1) is 9.58. The quantitative estimate of drug-likeness (QED) is 0.881. The Balaban J connectivity index is 1.77. The zero-order valence-electron chi connectivity index (χ0n) is 11.7. The number of para-hydroxylation sites is 2. The van der Waals surface area contributed by atoms with Gasteiger partial charge in [-0.15, -0.1) is 0 Å². The number of anilines is 2. The maximum Gasteiger partial charge on any atom is 0.236 e. The third-order valence-corrected chi connectivity index (χ3v) is 5.68. The maximum absolute atomic E-state index is 12.5. The van der Waals surface area contributed by atoms with Gasteiger partial charge in [0.1, 0.15) is 0 Å². The van der Waals surface area contributed by atoms with Crippen LogP contribution in [0.5, 0.6) is 0 Å². The largest absolute Gasteiger partial charge is 0.371 e. The molecule has 6 heteroatoms. The van der Waals surface area contributed by atoms with Gasteiger partial charge >= 0.3 is 0 Å². The fourth-order valence-corrected chi connectivity index (χ4v) is 3.97. The van der Waals surface area contributed by atoms with E-state index in [1.54, 1.807) is 4.31 Å². The van der Waals surface area contributed by atoms with E-state index in [1.165, 1.54) is 12.8 Å². The molecule has 0 radical (unpaired) electrons. The van der Waals surface area contributed by atoms with Crippen LogP contribution < -0.4 is 14.5 Å². The van der Waals surface area contributed by atoms with Crippen LogP contribution in [0.3, 0.4) is 0 Å². The Morgan fingerprint density at radius 1 is 1.20 bits per heavy atom. The second kappa shape index (κ2) is 5.26. The van der Waals surface area contributed by atoms with E-state index in [2.05, 4.69) is 10.2 Å². The Morgan fingerprint density at radius 3 is 2.60 bits per heavy atom. The highest BCUT2D eigenvalue weighted by molar-refractivity contribution is 7.92. The fraction of sp³-hybridized carbons (Fsp3) is 0.571. The van der Waals surface area contributed by atoms with Crippen LogP contribution in [0.1, 0.15) is 12.8 Å². The Morgan fingerprint density at radius 2 is 1.90 bits per heavy atom. The van der Waals surface area contributed by atoms with E-state index in [-0.39, 0.29) is 5.75 Å². The zero-order chi connectivity index (χ0) is 14.2. The van der Waals surface area contributed by atoms with Crippen molar-refractivity contribution in [1.82, 2.24) is 5.32 Å². The molecule has 1 saturated carbocycles. The standard InChI is InChI=1S/C14H21N3O2S/c1-16-9-10-17(14-5-3-2-4-13(14)16)20(18,19)11-8-15-12-6-7-12/h2-5,12,15H,6-11H2,1H3. The summed E-state index contributed by atoms with van der Waals surface area (Å²) in [7, 11) is -1.25. The van der Waals surface area contributed by atoms with E-state index in [1.807, 2.05) is 31.3 Å². The molecule has 1 aromatic rings. The second-order valence-electron chi connectivity index (χ2n) is 5.53. The van der Waals surface area contributed by atoms with Crippen molar-refractivity contribution < 1.29 is 8.42 Å². The monoisotopic (exact) mass is 295 g/mol. The molecule has 1 heterocycles. The fourth-order valence-electron chi connectivity index (χ4n) is 2.56. The van der Waals surface area contributed by atoms with Crippen LogP contribution in [0, 0.1) is 0 Å². The number of sulfonamides is 1. The number of nitrogens with one attached hydrogen (secondary N) is 1. The van der Waals surface area contributed by atoms with Gasteiger partial charge in [-0.2, -0.15) is 0 Å². The van der Waals surface area contributed by atoms with Gasteiger partial charge in [-0.05, 0) is 25.0 Å². The molecule has 0 bridgehead atoms. The van der Waals surface area contributed by atoms with Gasteiger partial charge in [0, 0.05) is 26.2 Å². The van der Waals surface area contributed by atoms with Crippen molar-refractivity contribution in [2.24, 2.45) is 0 Å². The molecule has 0 unspecified atom stereocenters. The first-order valence-electron chi connectivity index (χ1n) is 7.12. The summed E-state index contributed by atoms with van der Waals surface area (Å²) in [5.41, 5.74) is 1.78. The number of nitrogens with zero attached hydrogens (tertiary/aromatic N) is 2. The van der Waals surface area contributed by atoms with Crippen LogP contribution >= 0.6 is 0 Å².